The number of fused-ring (bicyclic) bond motifs is 5. The molecule has 1 fully saturated rings. The highest BCUT2D eigenvalue weighted by Gasteiger charge is 2.42. The molecule has 2 aromatic rings. The van der Waals surface area contributed by atoms with Crippen LogP contribution in [0, 0.1) is 5.41 Å². The zero-order valence-corrected chi connectivity index (χ0v) is 15.2. The van der Waals surface area contributed by atoms with Crippen molar-refractivity contribution < 1.29 is 0 Å². The molecule has 0 heteroatoms. The number of hydrogen-bond acceptors (Lipinski definition) is 0. The molecule has 0 amide bonds. The molecule has 1 saturated carbocycles. The lowest BCUT2D eigenvalue weighted by molar-refractivity contribution is 0.353. The summed E-state index contributed by atoms with van der Waals surface area (Å²) in [5.74, 6) is 0. The van der Waals surface area contributed by atoms with Crippen molar-refractivity contribution in [2.24, 2.45) is 5.41 Å². The Bertz CT molecular complexity index is 613. The molecule has 0 aromatic heterocycles. The molecule has 4 rings (SSSR count). The first-order chi connectivity index (χ1) is 10.9. The fraction of sp³-hybridized carbons (Fsp3) is 0.478. The van der Waals surface area contributed by atoms with Crippen LogP contribution in [0.1, 0.15) is 70.9 Å². The van der Waals surface area contributed by atoms with Gasteiger partial charge in [0.05, 0.1) is 0 Å². The number of benzene rings is 2. The van der Waals surface area contributed by atoms with Crippen LogP contribution in [0.2, 0.25) is 0 Å². The quantitative estimate of drug-likeness (QED) is 0.493. The lowest BCUT2D eigenvalue weighted by Crippen LogP contribution is -2.27. The molecule has 1 spiro atoms. The molecule has 23 heavy (non-hydrogen) atoms. The Balaban J connectivity index is 0.000000276. The summed E-state index contributed by atoms with van der Waals surface area (Å²) in [6.45, 7) is 8.75. The maximum atomic E-state index is 2.36. The smallest absolute Gasteiger partial charge is 0.0215 e. The molecule has 2 aliphatic rings. The largest absolute Gasteiger partial charge is 0.0619 e. The van der Waals surface area contributed by atoms with Gasteiger partial charge in [0.1, 0.15) is 0 Å². The van der Waals surface area contributed by atoms with Gasteiger partial charge in [-0.05, 0) is 40.5 Å². The minimum atomic E-state index is 0.339. The van der Waals surface area contributed by atoms with Crippen LogP contribution < -0.4 is 0 Å². The summed E-state index contributed by atoms with van der Waals surface area (Å²) in [4.78, 5) is 0. The molecule has 0 atom stereocenters. The number of hydrogen-bond donors (Lipinski definition) is 0. The zero-order chi connectivity index (χ0) is 16.5. The van der Waals surface area contributed by atoms with Gasteiger partial charge in [0.15, 0.2) is 0 Å². The third kappa shape index (κ3) is 3.22. The summed E-state index contributed by atoms with van der Waals surface area (Å²) in [6, 6.07) is 18.1. The van der Waals surface area contributed by atoms with E-state index in [0.29, 0.717) is 10.8 Å². The topological polar surface area (TPSA) is 0 Å². The fourth-order valence-corrected chi connectivity index (χ4v) is 4.11. The van der Waals surface area contributed by atoms with Crippen LogP contribution in [0.4, 0.5) is 0 Å². The van der Waals surface area contributed by atoms with Crippen molar-refractivity contribution in [1.82, 2.24) is 0 Å². The Hall–Kier alpha value is -1.56. The van der Waals surface area contributed by atoms with Gasteiger partial charge in [-0.2, -0.15) is 0 Å². The Morgan fingerprint density at radius 1 is 0.652 bits per heavy atom. The molecule has 0 bridgehead atoms. The molecule has 0 aliphatic heterocycles. The lowest BCUT2D eigenvalue weighted by Gasteiger charge is -2.35. The van der Waals surface area contributed by atoms with Crippen LogP contribution in [-0.4, -0.2) is 0 Å². The first kappa shape index (κ1) is 16.3. The van der Waals surface area contributed by atoms with Gasteiger partial charge in [0, 0.05) is 5.41 Å². The van der Waals surface area contributed by atoms with Gasteiger partial charge in [-0.1, -0.05) is 95.5 Å². The van der Waals surface area contributed by atoms with Crippen molar-refractivity contribution >= 4 is 0 Å². The van der Waals surface area contributed by atoms with E-state index in [1.165, 1.54) is 43.2 Å². The highest BCUT2D eigenvalue weighted by Crippen LogP contribution is 2.55. The molecule has 2 aromatic carbocycles. The first-order valence-electron chi connectivity index (χ1n) is 9.11. The molecule has 122 valence electrons. The molecule has 0 unspecified atom stereocenters. The average molecular weight is 306 g/mol. The summed E-state index contributed by atoms with van der Waals surface area (Å²) in [5.41, 5.74) is 6.98. The van der Waals surface area contributed by atoms with Gasteiger partial charge in [-0.15, -0.1) is 0 Å². The molecule has 0 heterocycles. The summed E-state index contributed by atoms with van der Waals surface area (Å²) in [6.07, 6.45) is 6.83. The first-order valence-corrected chi connectivity index (χ1v) is 9.11. The van der Waals surface area contributed by atoms with E-state index in [-0.39, 0.29) is 0 Å². The second kappa shape index (κ2) is 6.15. The second-order valence-electron chi connectivity index (χ2n) is 8.73. The lowest BCUT2D eigenvalue weighted by atomic mass is 9.68. The highest BCUT2D eigenvalue weighted by atomic mass is 14.5. The van der Waals surface area contributed by atoms with Crippen LogP contribution in [0.3, 0.4) is 0 Å². The Labute approximate surface area is 141 Å². The van der Waals surface area contributed by atoms with Gasteiger partial charge in [-0.3, -0.25) is 0 Å². The van der Waals surface area contributed by atoms with Crippen molar-refractivity contribution in [2.45, 2.75) is 65.2 Å². The molecule has 0 N–H and O–H groups in total. The van der Waals surface area contributed by atoms with Crippen LogP contribution in [0.15, 0.2) is 48.5 Å². The van der Waals surface area contributed by atoms with Crippen molar-refractivity contribution in [2.75, 3.05) is 0 Å². The van der Waals surface area contributed by atoms with Crippen molar-refractivity contribution in [3.05, 3.63) is 59.7 Å². The average Bonchev–Trinajstić information content (AvgIpc) is 2.79. The van der Waals surface area contributed by atoms with Crippen LogP contribution >= 0.6 is 0 Å². The minimum Gasteiger partial charge on any atom is -0.0619 e. The van der Waals surface area contributed by atoms with Crippen molar-refractivity contribution in [3.8, 4) is 11.1 Å². The van der Waals surface area contributed by atoms with Crippen LogP contribution in [-0.2, 0) is 5.41 Å². The van der Waals surface area contributed by atoms with Gasteiger partial charge >= 0.3 is 0 Å². The van der Waals surface area contributed by atoms with Crippen molar-refractivity contribution in [3.63, 3.8) is 0 Å². The van der Waals surface area contributed by atoms with E-state index < -0.39 is 0 Å². The normalized spacial score (nSPS) is 17.9. The maximum Gasteiger partial charge on any atom is 0.0215 e. The predicted octanol–water partition coefficient (Wildman–Crippen LogP) is 6.97. The summed E-state index contributed by atoms with van der Waals surface area (Å²) >= 11 is 0. The van der Waals surface area contributed by atoms with Gasteiger partial charge in [0.25, 0.3) is 0 Å². The van der Waals surface area contributed by atoms with Gasteiger partial charge in [-0.25, -0.2) is 0 Å². The summed E-state index contributed by atoms with van der Waals surface area (Å²) in [7, 11) is 0. The zero-order valence-electron chi connectivity index (χ0n) is 15.2. The monoisotopic (exact) mass is 306 g/mol. The molecule has 0 radical (unpaired) electrons. The second-order valence-corrected chi connectivity index (χ2v) is 8.73. The maximum absolute atomic E-state index is 2.36. The Morgan fingerprint density at radius 2 is 1.04 bits per heavy atom. The van der Waals surface area contributed by atoms with E-state index in [0.717, 1.165) is 0 Å². The molecule has 2 aliphatic carbocycles. The van der Waals surface area contributed by atoms with Gasteiger partial charge < -0.3 is 0 Å². The molecule has 0 saturated heterocycles. The molecule has 0 nitrogen and oxygen atoms in total. The van der Waals surface area contributed by atoms with E-state index >= 15 is 0 Å². The van der Waals surface area contributed by atoms with E-state index in [9.17, 15) is 0 Å². The SMILES string of the molecule is CC(C)(C)C.c1ccc2c(c1)-c1ccccc1C21CCCCC1. The highest BCUT2D eigenvalue weighted by molar-refractivity contribution is 5.81. The predicted molar refractivity (Wildman–Crippen MR) is 101 cm³/mol. The standard InChI is InChI=1S/C18H18.C5H12/c1-6-12-18(13-7-1)16-10-4-2-8-14(16)15-9-3-5-11-17(15)18;1-5(2,3)4/h2-5,8-11H,1,6-7,12-13H2;1-4H3. The van der Waals surface area contributed by atoms with Crippen LogP contribution in [0.25, 0.3) is 11.1 Å². The van der Waals surface area contributed by atoms with E-state index in [1.807, 2.05) is 0 Å². The van der Waals surface area contributed by atoms with Crippen molar-refractivity contribution in [1.29, 1.82) is 0 Å². The Morgan fingerprint density at radius 3 is 1.48 bits per heavy atom. The fourth-order valence-electron chi connectivity index (χ4n) is 4.11. The summed E-state index contributed by atoms with van der Waals surface area (Å²) in [5, 5.41) is 0. The summed E-state index contributed by atoms with van der Waals surface area (Å²) < 4.78 is 0. The molecular weight excluding hydrogens is 276 g/mol. The Kier molecular flexibility index (Phi) is 4.36. The van der Waals surface area contributed by atoms with Crippen LogP contribution in [0.5, 0.6) is 0 Å². The van der Waals surface area contributed by atoms with E-state index in [1.54, 1.807) is 11.1 Å². The minimum absolute atomic E-state index is 0.339. The third-order valence-electron chi connectivity index (χ3n) is 4.88. The molecular formula is C23H30. The van der Waals surface area contributed by atoms with E-state index in [2.05, 4.69) is 76.2 Å². The van der Waals surface area contributed by atoms with E-state index in [4.69, 9.17) is 0 Å². The number of rotatable bonds is 0. The third-order valence-corrected chi connectivity index (χ3v) is 4.88. The van der Waals surface area contributed by atoms with Gasteiger partial charge in [0.2, 0.25) is 0 Å².